The molecule has 98 valence electrons. The largest absolute Gasteiger partial charge is 0.445 e. The van der Waals surface area contributed by atoms with Crippen LogP contribution < -0.4 is 0 Å². The van der Waals surface area contributed by atoms with Gasteiger partial charge in [0.05, 0.1) is 25.9 Å². The molecule has 0 spiro atoms. The number of amides is 1. The normalized spacial score (nSPS) is 19.6. The van der Waals surface area contributed by atoms with Crippen LogP contribution in [0.25, 0.3) is 0 Å². The first kappa shape index (κ1) is 12.9. The third-order valence-corrected chi connectivity index (χ3v) is 2.88. The monoisotopic (exact) mass is 251 g/mol. The summed E-state index contributed by atoms with van der Waals surface area (Å²) in [4.78, 5) is 13.4. The first-order chi connectivity index (χ1) is 8.81. The zero-order chi connectivity index (χ0) is 12.8. The average molecular weight is 251 g/mol. The Morgan fingerprint density at radius 2 is 2.22 bits per heavy atom. The Hall–Kier alpha value is -1.59. The Bertz CT molecular complexity index is 382. The lowest BCUT2D eigenvalue weighted by Gasteiger charge is -2.33. The number of aliphatic hydroxyl groups excluding tert-OH is 1. The third kappa shape index (κ3) is 3.21. The number of aliphatic hydroxyl groups is 1. The van der Waals surface area contributed by atoms with Crippen LogP contribution >= 0.6 is 0 Å². The first-order valence-corrected chi connectivity index (χ1v) is 5.97. The predicted molar refractivity (Wildman–Crippen MR) is 65.0 cm³/mol. The van der Waals surface area contributed by atoms with Crippen molar-refractivity contribution in [3.05, 3.63) is 35.9 Å². The lowest BCUT2D eigenvalue weighted by atomic mass is 10.2. The van der Waals surface area contributed by atoms with Gasteiger partial charge in [0.25, 0.3) is 0 Å². The zero-order valence-corrected chi connectivity index (χ0v) is 10.1. The molecule has 5 heteroatoms. The molecule has 0 radical (unpaired) electrons. The van der Waals surface area contributed by atoms with Crippen LogP contribution in [-0.2, 0) is 16.1 Å². The summed E-state index contributed by atoms with van der Waals surface area (Å²) in [7, 11) is 0. The maximum atomic E-state index is 11.9. The topological polar surface area (TPSA) is 59.0 Å². The Morgan fingerprint density at radius 1 is 1.44 bits per heavy atom. The molecule has 0 aromatic heterocycles. The summed E-state index contributed by atoms with van der Waals surface area (Å²) < 4.78 is 10.4. The number of ether oxygens (including phenoxy) is 2. The van der Waals surface area contributed by atoms with E-state index in [-0.39, 0.29) is 19.3 Å². The van der Waals surface area contributed by atoms with Gasteiger partial charge in [0.15, 0.2) is 0 Å². The number of rotatable bonds is 3. The summed E-state index contributed by atoms with van der Waals surface area (Å²) in [6.45, 7) is 1.43. The molecule has 0 aliphatic carbocycles. The molecule has 0 saturated carbocycles. The molecule has 1 saturated heterocycles. The second kappa shape index (κ2) is 6.37. The highest BCUT2D eigenvalue weighted by atomic mass is 16.6. The van der Waals surface area contributed by atoms with Crippen LogP contribution in [0.5, 0.6) is 0 Å². The number of nitrogens with zero attached hydrogens (tertiary/aromatic N) is 1. The highest BCUT2D eigenvalue weighted by molar-refractivity contribution is 5.68. The molecule has 2 rings (SSSR count). The molecule has 0 bridgehead atoms. The van der Waals surface area contributed by atoms with Gasteiger partial charge in [-0.15, -0.1) is 0 Å². The van der Waals surface area contributed by atoms with E-state index in [0.29, 0.717) is 19.8 Å². The van der Waals surface area contributed by atoms with Crippen LogP contribution in [0.4, 0.5) is 4.79 Å². The van der Waals surface area contributed by atoms with Crippen molar-refractivity contribution in [2.75, 3.05) is 26.4 Å². The van der Waals surface area contributed by atoms with Gasteiger partial charge in [-0.3, -0.25) is 4.90 Å². The van der Waals surface area contributed by atoms with E-state index < -0.39 is 6.09 Å². The van der Waals surface area contributed by atoms with Crippen molar-refractivity contribution in [1.82, 2.24) is 4.90 Å². The van der Waals surface area contributed by atoms with E-state index in [1.54, 1.807) is 0 Å². The van der Waals surface area contributed by atoms with Crippen molar-refractivity contribution in [2.24, 2.45) is 0 Å². The van der Waals surface area contributed by atoms with E-state index in [4.69, 9.17) is 14.6 Å². The Morgan fingerprint density at radius 3 is 2.94 bits per heavy atom. The van der Waals surface area contributed by atoms with Crippen molar-refractivity contribution in [2.45, 2.75) is 12.6 Å². The summed E-state index contributed by atoms with van der Waals surface area (Å²) >= 11 is 0. The Balaban J connectivity index is 1.87. The molecule has 1 aromatic carbocycles. The summed E-state index contributed by atoms with van der Waals surface area (Å²) in [5.74, 6) is 0. The number of hydrogen-bond donors (Lipinski definition) is 1. The highest BCUT2D eigenvalue weighted by Gasteiger charge is 2.27. The highest BCUT2D eigenvalue weighted by Crippen LogP contribution is 2.10. The van der Waals surface area contributed by atoms with Crippen LogP contribution in [-0.4, -0.2) is 48.5 Å². The summed E-state index contributed by atoms with van der Waals surface area (Å²) in [5, 5.41) is 9.17. The Labute approximate surface area is 106 Å². The minimum absolute atomic E-state index is 0.111. The van der Waals surface area contributed by atoms with Gasteiger partial charge in [0.1, 0.15) is 6.61 Å². The van der Waals surface area contributed by atoms with E-state index >= 15 is 0 Å². The van der Waals surface area contributed by atoms with Gasteiger partial charge < -0.3 is 14.6 Å². The third-order valence-electron chi connectivity index (χ3n) is 2.88. The molecular formula is C13H17NO4. The first-order valence-electron chi connectivity index (χ1n) is 5.97. The fraction of sp³-hybridized carbons (Fsp3) is 0.462. The number of benzene rings is 1. The van der Waals surface area contributed by atoms with Crippen molar-refractivity contribution in [1.29, 1.82) is 0 Å². The van der Waals surface area contributed by atoms with Gasteiger partial charge in [-0.1, -0.05) is 30.3 Å². The van der Waals surface area contributed by atoms with Crippen LogP contribution in [0.3, 0.4) is 0 Å². The molecular weight excluding hydrogens is 234 g/mol. The zero-order valence-electron chi connectivity index (χ0n) is 10.1. The minimum atomic E-state index is -0.402. The van der Waals surface area contributed by atoms with Crippen molar-refractivity contribution < 1.29 is 19.4 Å². The molecule has 1 heterocycles. The maximum Gasteiger partial charge on any atom is 0.410 e. The molecule has 1 atom stereocenters. The molecule has 1 N–H and O–H groups in total. The summed E-state index contributed by atoms with van der Waals surface area (Å²) in [5.41, 5.74) is 0.944. The summed E-state index contributed by atoms with van der Waals surface area (Å²) in [6, 6.07) is 9.20. The smallest absolute Gasteiger partial charge is 0.410 e. The van der Waals surface area contributed by atoms with Gasteiger partial charge in [0, 0.05) is 6.54 Å². The van der Waals surface area contributed by atoms with E-state index in [0.717, 1.165) is 5.56 Å². The molecule has 5 nitrogen and oxygen atoms in total. The van der Waals surface area contributed by atoms with Gasteiger partial charge in [0.2, 0.25) is 0 Å². The van der Waals surface area contributed by atoms with Gasteiger partial charge >= 0.3 is 6.09 Å². The number of carbonyl (C=O) groups excluding carboxylic acids is 1. The molecule has 1 amide bonds. The SMILES string of the molecule is O=C(OCc1ccccc1)N1CCOC[C@@H]1CO. The molecule has 1 aromatic rings. The van der Waals surface area contributed by atoms with Gasteiger partial charge in [-0.2, -0.15) is 0 Å². The lowest BCUT2D eigenvalue weighted by Crippen LogP contribution is -2.50. The quantitative estimate of drug-likeness (QED) is 0.871. The molecule has 1 aliphatic rings. The molecule has 0 unspecified atom stereocenters. The lowest BCUT2D eigenvalue weighted by molar-refractivity contribution is -0.0272. The second-order valence-electron chi connectivity index (χ2n) is 4.14. The fourth-order valence-corrected chi connectivity index (χ4v) is 1.85. The average Bonchev–Trinajstić information content (AvgIpc) is 2.45. The van der Waals surface area contributed by atoms with Crippen LogP contribution in [0.2, 0.25) is 0 Å². The van der Waals surface area contributed by atoms with Crippen molar-refractivity contribution >= 4 is 6.09 Å². The van der Waals surface area contributed by atoms with E-state index in [9.17, 15) is 4.79 Å². The fourth-order valence-electron chi connectivity index (χ4n) is 1.85. The van der Waals surface area contributed by atoms with Crippen molar-refractivity contribution in [3.8, 4) is 0 Å². The van der Waals surface area contributed by atoms with Crippen LogP contribution in [0, 0.1) is 0 Å². The molecule has 1 aliphatic heterocycles. The van der Waals surface area contributed by atoms with E-state index in [2.05, 4.69) is 0 Å². The van der Waals surface area contributed by atoms with E-state index in [1.165, 1.54) is 4.90 Å². The minimum Gasteiger partial charge on any atom is -0.445 e. The molecule has 1 fully saturated rings. The predicted octanol–water partition coefficient (Wildman–Crippen LogP) is 1.02. The molecule has 18 heavy (non-hydrogen) atoms. The van der Waals surface area contributed by atoms with Crippen LogP contribution in [0.1, 0.15) is 5.56 Å². The van der Waals surface area contributed by atoms with Gasteiger partial charge in [-0.05, 0) is 5.56 Å². The number of morpholine rings is 1. The Kier molecular flexibility index (Phi) is 4.55. The number of hydrogen-bond acceptors (Lipinski definition) is 4. The second-order valence-corrected chi connectivity index (χ2v) is 4.14. The summed E-state index contributed by atoms with van der Waals surface area (Å²) in [6.07, 6.45) is -0.402. The number of carbonyl (C=O) groups is 1. The maximum absolute atomic E-state index is 11.9. The van der Waals surface area contributed by atoms with E-state index in [1.807, 2.05) is 30.3 Å². The van der Waals surface area contributed by atoms with Gasteiger partial charge in [-0.25, -0.2) is 4.79 Å². The standard InChI is InChI=1S/C13H17NO4/c15-8-12-10-17-7-6-14(12)13(16)18-9-11-4-2-1-3-5-11/h1-5,12,15H,6-10H2/t12-/m0/s1. The van der Waals surface area contributed by atoms with Crippen molar-refractivity contribution in [3.63, 3.8) is 0 Å². The van der Waals surface area contributed by atoms with Crippen LogP contribution in [0.15, 0.2) is 30.3 Å².